The number of para-hydroxylation sites is 3. The number of nitrogens with zero attached hydrogens (tertiary/aromatic N) is 4. The summed E-state index contributed by atoms with van der Waals surface area (Å²) in [4.78, 5) is 10.8. The molecule has 286 valence electrons. The Morgan fingerprint density at radius 1 is 0.500 bits per heavy atom. The normalized spacial score (nSPS) is 12.8. The van der Waals surface area contributed by atoms with Gasteiger partial charge in [-0.25, -0.2) is 9.98 Å². The largest absolute Gasteiger partial charge is 0.309 e. The van der Waals surface area contributed by atoms with E-state index in [-0.39, 0.29) is 0 Å². The van der Waals surface area contributed by atoms with Gasteiger partial charge in [-0.3, -0.25) is 4.57 Å². The van der Waals surface area contributed by atoms with Crippen LogP contribution in [0.2, 0.25) is 0 Å². The van der Waals surface area contributed by atoms with E-state index in [1.807, 2.05) is 6.07 Å². The number of hydrogen-bond acceptors (Lipinski definition) is 1. The maximum atomic E-state index is 5.45. The molecular formula is C56H42N4. The number of fused-ring (bicyclic) bond motifs is 9. The van der Waals surface area contributed by atoms with Gasteiger partial charge in [-0.2, -0.15) is 0 Å². The van der Waals surface area contributed by atoms with Crippen LogP contribution in [0.3, 0.4) is 0 Å². The van der Waals surface area contributed by atoms with E-state index in [9.17, 15) is 0 Å². The fraction of sp³-hybridized carbons (Fsp3) is 0.0714. The molecule has 0 bridgehead atoms. The van der Waals surface area contributed by atoms with Gasteiger partial charge in [-0.1, -0.05) is 134 Å². The van der Waals surface area contributed by atoms with E-state index in [1.54, 1.807) is 0 Å². The van der Waals surface area contributed by atoms with Crippen LogP contribution in [-0.4, -0.2) is 20.7 Å². The minimum Gasteiger partial charge on any atom is -0.309 e. The Kier molecular flexibility index (Phi) is 8.35. The fourth-order valence-corrected chi connectivity index (χ4v) is 9.54. The molecule has 0 spiro atoms. The van der Waals surface area contributed by atoms with Crippen molar-refractivity contribution in [2.24, 2.45) is 9.98 Å². The van der Waals surface area contributed by atoms with Gasteiger partial charge in [0.05, 0.1) is 22.1 Å². The first-order valence-electron chi connectivity index (χ1n) is 20.7. The van der Waals surface area contributed by atoms with Gasteiger partial charge < -0.3 is 4.57 Å². The molecule has 0 aliphatic heterocycles. The summed E-state index contributed by atoms with van der Waals surface area (Å²) in [7, 11) is 0. The van der Waals surface area contributed by atoms with Crippen molar-refractivity contribution in [3.8, 4) is 27.9 Å². The van der Waals surface area contributed by atoms with Gasteiger partial charge in [-0.15, -0.1) is 0 Å². The van der Waals surface area contributed by atoms with E-state index in [2.05, 4.69) is 200 Å². The molecule has 0 unspecified atom stereocenters. The van der Waals surface area contributed by atoms with Crippen molar-refractivity contribution in [3.05, 3.63) is 216 Å². The van der Waals surface area contributed by atoms with Crippen LogP contribution in [-0.2, 0) is 6.42 Å². The number of rotatable bonds is 6. The number of hydrogen-bond donors (Lipinski definition) is 0. The van der Waals surface area contributed by atoms with Crippen molar-refractivity contribution in [2.75, 3.05) is 0 Å². The van der Waals surface area contributed by atoms with Crippen LogP contribution in [0.25, 0.3) is 77.4 Å². The van der Waals surface area contributed by atoms with E-state index < -0.39 is 0 Å². The third-order valence-electron chi connectivity index (χ3n) is 12.4. The summed E-state index contributed by atoms with van der Waals surface area (Å²) >= 11 is 0. The van der Waals surface area contributed by atoms with E-state index in [0.29, 0.717) is 11.7 Å². The minimum atomic E-state index is 0.607. The molecule has 0 amide bonds. The number of aromatic nitrogens is 2. The second-order valence-corrected chi connectivity index (χ2v) is 16.0. The maximum Gasteiger partial charge on any atom is 0.162 e. The third kappa shape index (κ3) is 5.67. The average Bonchev–Trinajstić information content (AvgIpc) is 3.92. The van der Waals surface area contributed by atoms with Gasteiger partial charge in [0.1, 0.15) is 5.82 Å². The summed E-state index contributed by atoms with van der Waals surface area (Å²) in [5, 5.41) is 4.92. The lowest BCUT2D eigenvalue weighted by Gasteiger charge is -2.16. The molecule has 0 saturated heterocycles. The zero-order chi connectivity index (χ0) is 40.5. The Morgan fingerprint density at radius 2 is 1.08 bits per heavy atom. The number of benzene rings is 8. The molecule has 60 heavy (non-hydrogen) atoms. The fourth-order valence-electron chi connectivity index (χ4n) is 9.54. The maximum absolute atomic E-state index is 5.45. The van der Waals surface area contributed by atoms with Crippen LogP contribution in [0.1, 0.15) is 40.3 Å². The lowest BCUT2D eigenvalue weighted by atomic mass is 9.91. The van der Waals surface area contributed by atoms with Gasteiger partial charge in [0, 0.05) is 38.5 Å². The zero-order valence-electron chi connectivity index (χ0n) is 33.9. The molecule has 4 heteroatoms. The van der Waals surface area contributed by atoms with Crippen molar-refractivity contribution < 1.29 is 0 Å². The Balaban J connectivity index is 1.13. The molecule has 0 fully saturated rings. The molecule has 8 aromatic carbocycles. The van der Waals surface area contributed by atoms with Gasteiger partial charge in [0.2, 0.25) is 0 Å². The van der Waals surface area contributed by atoms with Crippen molar-refractivity contribution in [1.29, 1.82) is 0 Å². The minimum absolute atomic E-state index is 0.607. The van der Waals surface area contributed by atoms with Crippen molar-refractivity contribution in [1.82, 2.24) is 9.13 Å². The summed E-state index contributed by atoms with van der Waals surface area (Å²) in [5.41, 5.74) is 18.5. The summed E-state index contributed by atoms with van der Waals surface area (Å²) in [6, 6.07) is 63.1. The van der Waals surface area contributed by atoms with Crippen LogP contribution in [0.15, 0.2) is 192 Å². The van der Waals surface area contributed by atoms with Gasteiger partial charge >= 0.3 is 0 Å². The highest BCUT2D eigenvalue weighted by molar-refractivity contribution is 6.17. The molecular weight excluding hydrogens is 729 g/mol. The molecule has 11 rings (SSSR count). The second kappa shape index (κ2) is 14.1. The quantitative estimate of drug-likeness (QED) is 0.119. The standard InChI is InChI=1S/C56H42N4/c1-35-18-11-12-24-43(35)55-36(2)19-17-27-46(55)56(57-37(3)39-20-7-5-8-21-39)58-38(4)59-51-28-15-13-25-44(51)49-31-40-30-41-32-50-45-26-14-16-29-52(45)60(42-22-9-6-10-23-42)54(50)34-48(41)47(40)33-53(49)59/h5-29,31-34H,4,30H2,1-3H3/b57-37?,58-56-. The van der Waals surface area contributed by atoms with Crippen molar-refractivity contribution in [2.45, 2.75) is 27.2 Å². The predicted octanol–water partition coefficient (Wildman–Crippen LogP) is 14.1. The third-order valence-corrected chi connectivity index (χ3v) is 12.4. The molecule has 0 atom stereocenters. The van der Waals surface area contributed by atoms with Gasteiger partial charge in [0.25, 0.3) is 0 Å². The summed E-state index contributed by atoms with van der Waals surface area (Å²) in [5.74, 6) is 1.23. The Hall–Kier alpha value is -7.56. The summed E-state index contributed by atoms with van der Waals surface area (Å²) < 4.78 is 4.64. The highest BCUT2D eigenvalue weighted by atomic mass is 15.1. The molecule has 2 heterocycles. The number of aliphatic imine (C=N–C) groups is 2. The number of aryl methyl sites for hydroxylation is 2. The SMILES string of the molecule is C=C(/N=C(\N=C(C)c1ccccc1)c1cccc(C)c1-c1ccccc1C)n1c2ccccc2c2cc3c(cc21)-c1cc2c(cc1C3)c1ccccc1n2-c1ccccc1. The lowest BCUT2D eigenvalue weighted by Crippen LogP contribution is -2.08. The predicted molar refractivity (Wildman–Crippen MR) is 254 cm³/mol. The smallest absolute Gasteiger partial charge is 0.162 e. The van der Waals surface area contributed by atoms with Crippen LogP contribution in [0.4, 0.5) is 0 Å². The first-order chi connectivity index (χ1) is 29.4. The highest BCUT2D eigenvalue weighted by Crippen LogP contribution is 2.45. The monoisotopic (exact) mass is 770 g/mol. The van der Waals surface area contributed by atoms with E-state index in [0.717, 1.165) is 45.5 Å². The topological polar surface area (TPSA) is 34.6 Å². The van der Waals surface area contributed by atoms with Gasteiger partial charge in [0.15, 0.2) is 5.84 Å². The Morgan fingerprint density at radius 3 is 1.82 bits per heavy atom. The van der Waals surface area contributed by atoms with E-state index in [1.165, 1.54) is 71.5 Å². The first kappa shape index (κ1) is 35.6. The molecule has 1 aliphatic rings. The van der Waals surface area contributed by atoms with E-state index >= 15 is 0 Å². The van der Waals surface area contributed by atoms with Crippen LogP contribution in [0.5, 0.6) is 0 Å². The molecule has 2 aromatic heterocycles. The van der Waals surface area contributed by atoms with Crippen LogP contribution < -0.4 is 0 Å². The van der Waals surface area contributed by atoms with Crippen molar-refractivity contribution >= 4 is 61.0 Å². The van der Waals surface area contributed by atoms with Gasteiger partial charge in [-0.05, 0) is 126 Å². The lowest BCUT2D eigenvalue weighted by molar-refractivity contribution is 1.18. The molecule has 0 saturated carbocycles. The molecule has 4 nitrogen and oxygen atoms in total. The first-order valence-corrected chi connectivity index (χ1v) is 20.7. The Bertz CT molecular complexity index is 3430. The molecule has 0 N–H and O–H groups in total. The summed E-state index contributed by atoms with van der Waals surface area (Å²) in [6.45, 7) is 11.1. The zero-order valence-corrected chi connectivity index (χ0v) is 33.9. The molecule has 1 aliphatic carbocycles. The van der Waals surface area contributed by atoms with E-state index in [4.69, 9.17) is 16.6 Å². The second-order valence-electron chi connectivity index (χ2n) is 16.0. The number of amidine groups is 1. The van der Waals surface area contributed by atoms with Crippen LogP contribution in [0, 0.1) is 13.8 Å². The summed E-state index contributed by atoms with van der Waals surface area (Å²) in [6.07, 6.45) is 0.882. The Labute approximate surface area is 349 Å². The average molecular weight is 771 g/mol. The van der Waals surface area contributed by atoms with Crippen LogP contribution >= 0.6 is 0 Å². The molecule has 10 aromatic rings. The highest BCUT2D eigenvalue weighted by Gasteiger charge is 2.25. The molecule has 0 radical (unpaired) electrons. The van der Waals surface area contributed by atoms with Crippen molar-refractivity contribution in [3.63, 3.8) is 0 Å².